The second-order valence-electron chi connectivity index (χ2n) is 25.3. The number of piperazine rings is 1. The first-order valence-electron chi connectivity index (χ1n) is 29.8. The lowest BCUT2D eigenvalue weighted by Crippen LogP contribution is -2.57. The molecule has 1 amide bonds. The molecule has 16 heteroatoms. The molecule has 4 aliphatic heterocycles. The fourth-order valence-corrected chi connectivity index (χ4v) is 16.4. The summed E-state index contributed by atoms with van der Waals surface area (Å²) in [4.78, 5) is 93.6. The topological polar surface area (TPSA) is 181 Å². The van der Waals surface area contributed by atoms with Crippen LogP contribution in [0.3, 0.4) is 0 Å². The van der Waals surface area contributed by atoms with Gasteiger partial charge in [0.25, 0.3) is 5.56 Å². The molecule has 2 saturated carbocycles. The molecule has 0 radical (unpaired) electrons. The lowest BCUT2D eigenvalue weighted by Gasteiger charge is -2.55. The lowest BCUT2D eigenvalue weighted by molar-refractivity contribution is -0.182. The van der Waals surface area contributed by atoms with Gasteiger partial charge in [0, 0.05) is 97.8 Å². The van der Waals surface area contributed by atoms with E-state index in [1.54, 1.807) is 24.5 Å². The van der Waals surface area contributed by atoms with Crippen molar-refractivity contribution in [1.29, 1.82) is 0 Å². The number of ether oxygens (including phenoxy) is 3. The Morgan fingerprint density at radius 3 is 2.37 bits per heavy atom. The van der Waals surface area contributed by atoms with Gasteiger partial charge >= 0.3 is 18.0 Å². The van der Waals surface area contributed by atoms with Crippen LogP contribution in [0.25, 0.3) is 22.3 Å². The Labute approximate surface area is 474 Å². The summed E-state index contributed by atoms with van der Waals surface area (Å²) in [5.74, 6) is 0.0385. The SMILES string of the molecule is CCC1(O)C(=O)OCc2c1cc1n(c2=O)Cc2cc3c(CN(C)C)c(OC(=O)N4C5CCC4CN(CCCCCCN(C)c4ccc([C@H]6C[C@@]7(C)[C@@H](CC[C@]7(OC(C)=O)C(C)=O)[C@@H]7CCC8=CC(=O)CCC8=C76)cc4)C5)ccc3nc2-1. The molecule has 1 N–H and O–H groups in total. The van der Waals surface area contributed by atoms with E-state index >= 15 is 0 Å². The van der Waals surface area contributed by atoms with Crippen LogP contribution in [0.1, 0.15) is 151 Å². The van der Waals surface area contributed by atoms with Crippen molar-refractivity contribution in [3.05, 3.63) is 109 Å². The number of cyclic esters (lactones) is 1. The van der Waals surface area contributed by atoms with Crippen LogP contribution in [0.4, 0.5) is 10.5 Å². The third-order valence-electron chi connectivity index (χ3n) is 20.4. The average molecular weight is 1100 g/mol. The van der Waals surface area contributed by atoms with E-state index in [1.165, 1.54) is 29.2 Å². The molecule has 8 aliphatic rings. The second-order valence-corrected chi connectivity index (χ2v) is 25.3. The van der Waals surface area contributed by atoms with Gasteiger partial charge < -0.3 is 33.7 Å². The Balaban J connectivity index is 0.655. The summed E-state index contributed by atoms with van der Waals surface area (Å²) in [6, 6.07) is 16.6. The summed E-state index contributed by atoms with van der Waals surface area (Å²) in [5.41, 5.74) is 6.59. The van der Waals surface area contributed by atoms with Crippen LogP contribution in [0.15, 0.2) is 76.1 Å². The molecule has 4 aromatic rings. The van der Waals surface area contributed by atoms with Gasteiger partial charge in [-0.2, -0.15) is 0 Å². The van der Waals surface area contributed by atoms with E-state index in [-0.39, 0.29) is 83.8 Å². The van der Waals surface area contributed by atoms with Gasteiger partial charge in [-0.25, -0.2) is 14.6 Å². The number of anilines is 1. The highest BCUT2D eigenvalue weighted by Gasteiger charge is 2.67. The smallest absolute Gasteiger partial charge is 0.415 e. The number of rotatable bonds is 15. The molecule has 2 aromatic heterocycles. The highest BCUT2D eigenvalue weighted by Crippen LogP contribution is 2.68. The van der Waals surface area contributed by atoms with Crippen molar-refractivity contribution in [1.82, 2.24) is 24.3 Å². The Hall–Kier alpha value is -6.49. The number of fused-ring (bicyclic) bond motifs is 11. The summed E-state index contributed by atoms with van der Waals surface area (Å²) in [6.07, 6.45) is 13.2. The van der Waals surface area contributed by atoms with Crippen molar-refractivity contribution in [3.8, 4) is 17.1 Å². The molecule has 2 saturated heterocycles. The van der Waals surface area contributed by atoms with Gasteiger partial charge in [0.15, 0.2) is 22.8 Å². The Kier molecular flexibility index (Phi) is 14.3. The number of hydrogen-bond donors (Lipinski definition) is 1. The molecule has 6 heterocycles. The zero-order valence-corrected chi connectivity index (χ0v) is 48.2. The van der Waals surface area contributed by atoms with E-state index in [4.69, 9.17) is 19.2 Å². The van der Waals surface area contributed by atoms with Crippen LogP contribution >= 0.6 is 0 Å². The largest absolute Gasteiger partial charge is 0.458 e. The Morgan fingerprint density at radius 1 is 0.901 bits per heavy atom. The molecule has 8 atom stereocenters. The highest BCUT2D eigenvalue weighted by molar-refractivity contribution is 5.94. The monoisotopic (exact) mass is 1100 g/mol. The number of Topliss-reactive ketones (excluding diaryl/α,β-unsaturated/α-hetero) is 1. The number of nitrogens with zero attached hydrogens (tertiary/aromatic N) is 6. The molecule has 0 spiro atoms. The maximum Gasteiger partial charge on any atom is 0.415 e. The summed E-state index contributed by atoms with van der Waals surface area (Å²) in [5, 5.41) is 12.2. The molecule has 428 valence electrons. The zero-order valence-electron chi connectivity index (χ0n) is 48.2. The lowest BCUT2D eigenvalue weighted by atomic mass is 9.50. The van der Waals surface area contributed by atoms with Crippen LogP contribution in [0.5, 0.6) is 5.75 Å². The molecule has 2 bridgehead atoms. The van der Waals surface area contributed by atoms with E-state index in [0.717, 1.165) is 113 Å². The van der Waals surface area contributed by atoms with Crippen LogP contribution < -0.4 is 15.2 Å². The number of likely N-dealkylation sites (tertiary alicyclic amines) is 1. The first kappa shape index (κ1) is 55.1. The normalized spacial score (nSPS) is 28.2. The number of allylic oxidation sites excluding steroid dienone is 4. The standard InChI is InChI=1S/C65H78N6O10/c1-8-64(78)54-31-56-59-42(33-70(56)60(75)52(54)37-79-61(64)76)30-49-51(36-67(5)6)57(24-23-55(49)66-59)80-62(77)71-44-18-19-45(71)35-69(34-44)28-12-10-9-11-27-68(7)43-16-13-40(14-17-43)50-32-63(4)53(25-26-65(63,38(2)72)81-39(3)73)48-21-15-41-29-46(74)20-22-47(41)58(48)50/h13-14,16-17,23-24,29-31,44-45,48,50,53,78H,8-12,15,18-22,25-28,32-37H2,1-7H3/t44?,45?,48-,50+,53-,63-,64?,65-/m0/s1. The second kappa shape index (κ2) is 21.0. The average Bonchev–Trinajstić information content (AvgIpc) is 3.14. The summed E-state index contributed by atoms with van der Waals surface area (Å²) in [7, 11) is 6.11. The Bertz CT molecular complexity index is 3390. The molecule has 81 heavy (non-hydrogen) atoms. The molecule has 4 aliphatic carbocycles. The number of esters is 2. The van der Waals surface area contributed by atoms with Crippen molar-refractivity contribution < 1.29 is 43.3 Å². The van der Waals surface area contributed by atoms with E-state index in [9.17, 15) is 33.9 Å². The maximum atomic E-state index is 14.2. The predicted octanol–water partition coefficient (Wildman–Crippen LogP) is 9.28. The van der Waals surface area contributed by atoms with Gasteiger partial charge in [0.2, 0.25) is 0 Å². The number of amides is 1. The van der Waals surface area contributed by atoms with Crippen LogP contribution in [0.2, 0.25) is 0 Å². The zero-order chi connectivity index (χ0) is 56.9. The number of aliphatic hydroxyl groups is 1. The summed E-state index contributed by atoms with van der Waals surface area (Å²) >= 11 is 0. The summed E-state index contributed by atoms with van der Waals surface area (Å²) in [6.45, 7) is 11.1. The van der Waals surface area contributed by atoms with Gasteiger partial charge in [-0.1, -0.05) is 44.4 Å². The minimum atomic E-state index is -1.91. The van der Waals surface area contributed by atoms with Gasteiger partial charge in [-0.15, -0.1) is 0 Å². The molecule has 16 nitrogen and oxygen atoms in total. The van der Waals surface area contributed by atoms with E-state index in [1.807, 2.05) is 48.2 Å². The molecule has 2 aromatic carbocycles. The number of pyridine rings is 2. The maximum absolute atomic E-state index is 14.2. The first-order chi connectivity index (χ1) is 38.8. The molecule has 3 unspecified atom stereocenters. The number of hydrogen-bond acceptors (Lipinski definition) is 14. The van der Waals surface area contributed by atoms with Crippen molar-refractivity contribution in [2.75, 3.05) is 52.2 Å². The van der Waals surface area contributed by atoms with Crippen molar-refractivity contribution in [2.45, 2.75) is 166 Å². The fourth-order valence-electron chi connectivity index (χ4n) is 16.4. The van der Waals surface area contributed by atoms with Gasteiger partial charge in [-0.05, 0) is 169 Å². The number of carbonyl (C=O) groups excluding carboxylic acids is 5. The summed E-state index contributed by atoms with van der Waals surface area (Å²) < 4.78 is 19.4. The van der Waals surface area contributed by atoms with Gasteiger partial charge in [-0.3, -0.25) is 29.0 Å². The predicted molar refractivity (Wildman–Crippen MR) is 307 cm³/mol. The van der Waals surface area contributed by atoms with Crippen molar-refractivity contribution in [3.63, 3.8) is 0 Å². The van der Waals surface area contributed by atoms with Crippen LogP contribution in [-0.2, 0) is 53.9 Å². The highest BCUT2D eigenvalue weighted by atomic mass is 16.6. The molecular weight excluding hydrogens is 1020 g/mol. The number of unbranched alkanes of at least 4 members (excludes halogenated alkanes) is 3. The number of ketones is 2. The minimum absolute atomic E-state index is 0.0573. The van der Waals surface area contributed by atoms with Crippen molar-refractivity contribution >= 4 is 46.2 Å². The Morgan fingerprint density at radius 2 is 1.65 bits per heavy atom. The van der Waals surface area contributed by atoms with E-state index < -0.39 is 28.6 Å². The third kappa shape index (κ3) is 9.26. The van der Waals surface area contributed by atoms with Gasteiger partial charge in [0.05, 0.1) is 29.0 Å². The van der Waals surface area contributed by atoms with Crippen LogP contribution in [-0.4, -0.2) is 124 Å². The van der Waals surface area contributed by atoms with Gasteiger partial charge in [0.1, 0.15) is 12.4 Å². The van der Waals surface area contributed by atoms with E-state index in [0.29, 0.717) is 48.5 Å². The molecule has 4 fully saturated rings. The van der Waals surface area contributed by atoms with Crippen molar-refractivity contribution in [2.24, 2.45) is 17.3 Å². The molecule has 12 rings (SSSR count). The van der Waals surface area contributed by atoms with E-state index in [2.05, 4.69) is 48.0 Å². The third-order valence-corrected chi connectivity index (χ3v) is 20.4. The number of carbonyl (C=O) groups is 5. The minimum Gasteiger partial charge on any atom is -0.458 e. The fraction of sp³-hybridized carbons (Fsp3) is 0.554. The first-order valence-corrected chi connectivity index (χ1v) is 29.8. The number of benzene rings is 2. The molecular formula is C65H78N6O10. The number of aromatic nitrogens is 2. The quantitative estimate of drug-likeness (QED) is 0.0774. The van der Waals surface area contributed by atoms with Crippen LogP contribution in [0, 0.1) is 17.3 Å².